The van der Waals surface area contributed by atoms with Crippen molar-refractivity contribution >= 4 is 0 Å². The smallest absolute Gasteiger partial charge is 0.175 e. The minimum Gasteiger partial charge on any atom is -0.365 e. The topological polar surface area (TPSA) is 66.5 Å². The molecule has 0 aliphatic rings. The molecule has 23 heavy (non-hydrogen) atoms. The normalized spacial score (nSPS) is 12.0. The molecule has 140 valence electrons. The molecule has 0 aromatic carbocycles. The van der Waals surface area contributed by atoms with Crippen molar-refractivity contribution in [3.05, 3.63) is 0 Å². The molecule has 3 nitrogen and oxygen atoms in total. The lowest BCUT2D eigenvalue weighted by Crippen LogP contribution is -2.37. The molecule has 0 heterocycles. The first-order valence-electron chi connectivity index (χ1n) is 10.3. The van der Waals surface area contributed by atoms with Gasteiger partial charge in [0, 0.05) is 13.0 Å². The van der Waals surface area contributed by atoms with Gasteiger partial charge in [0.05, 0.1) is 0 Å². The fourth-order valence-electron chi connectivity index (χ4n) is 3.06. The Balaban J connectivity index is 3.05. The zero-order valence-corrected chi connectivity index (χ0v) is 15.7. The molecule has 0 rings (SSSR count). The molecular weight excluding hydrogens is 286 g/mol. The molecule has 0 radical (unpaired) electrons. The maximum absolute atomic E-state index is 9.37. The maximum atomic E-state index is 9.37. The summed E-state index contributed by atoms with van der Waals surface area (Å²) in [6, 6.07) is 0. The monoisotopic (exact) mass is 329 g/mol. The van der Waals surface area contributed by atoms with E-state index in [9.17, 15) is 10.2 Å². The minimum atomic E-state index is -1.64. The summed E-state index contributed by atoms with van der Waals surface area (Å²) in [6.45, 7) is 2.21. The van der Waals surface area contributed by atoms with Crippen LogP contribution in [-0.4, -0.2) is 22.5 Å². The van der Waals surface area contributed by atoms with Crippen LogP contribution in [0.4, 0.5) is 0 Å². The number of nitrogens with two attached hydrogens (primary N) is 1. The maximum Gasteiger partial charge on any atom is 0.175 e. The SMILES string of the molecule is CCCCCCCCCCCCCCCCCCC(O)(O)CN. The minimum absolute atomic E-state index is 0.0637. The summed E-state index contributed by atoms with van der Waals surface area (Å²) in [5, 5.41) is 18.7. The van der Waals surface area contributed by atoms with Gasteiger partial charge in [0.2, 0.25) is 0 Å². The Kier molecular flexibility index (Phi) is 16.6. The number of hydrogen-bond donors (Lipinski definition) is 3. The molecule has 0 saturated heterocycles. The van der Waals surface area contributed by atoms with Crippen LogP contribution in [0.25, 0.3) is 0 Å². The summed E-state index contributed by atoms with van der Waals surface area (Å²) in [4.78, 5) is 0. The van der Waals surface area contributed by atoms with Crippen LogP contribution < -0.4 is 5.73 Å². The Bertz CT molecular complexity index is 232. The van der Waals surface area contributed by atoms with Crippen LogP contribution in [-0.2, 0) is 0 Å². The van der Waals surface area contributed by atoms with Crippen LogP contribution in [0.5, 0.6) is 0 Å². The second-order valence-electron chi connectivity index (χ2n) is 7.24. The molecule has 0 aliphatic heterocycles. The molecule has 0 aliphatic carbocycles. The average Bonchev–Trinajstić information content (AvgIpc) is 2.54. The van der Waals surface area contributed by atoms with E-state index in [0.29, 0.717) is 6.42 Å². The molecule has 0 saturated carbocycles. The van der Waals surface area contributed by atoms with Crippen molar-refractivity contribution in [1.82, 2.24) is 0 Å². The molecule has 0 bridgehead atoms. The molecule has 0 fully saturated rings. The van der Waals surface area contributed by atoms with Gasteiger partial charge in [-0.05, 0) is 6.42 Å². The van der Waals surface area contributed by atoms with Crippen molar-refractivity contribution in [1.29, 1.82) is 0 Å². The Morgan fingerprint density at radius 3 is 1.17 bits per heavy atom. The van der Waals surface area contributed by atoms with Crippen LogP contribution in [0.3, 0.4) is 0 Å². The van der Waals surface area contributed by atoms with E-state index >= 15 is 0 Å². The quantitative estimate of drug-likeness (QED) is 0.237. The molecule has 0 aromatic rings. The molecular formula is C20H43NO2. The highest BCUT2D eigenvalue weighted by molar-refractivity contribution is 4.64. The van der Waals surface area contributed by atoms with Gasteiger partial charge in [0.15, 0.2) is 5.79 Å². The highest BCUT2D eigenvalue weighted by Crippen LogP contribution is 2.15. The van der Waals surface area contributed by atoms with Crippen molar-refractivity contribution in [3.8, 4) is 0 Å². The lowest BCUT2D eigenvalue weighted by Gasteiger charge is -2.18. The van der Waals surface area contributed by atoms with Crippen molar-refractivity contribution < 1.29 is 10.2 Å². The first-order chi connectivity index (χ1) is 11.1. The van der Waals surface area contributed by atoms with Gasteiger partial charge in [0.25, 0.3) is 0 Å². The van der Waals surface area contributed by atoms with Crippen LogP contribution in [0.15, 0.2) is 0 Å². The van der Waals surface area contributed by atoms with Crippen molar-refractivity contribution in [2.24, 2.45) is 5.73 Å². The number of hydrogen-bond acceptors (Lipinski definition) is 3. The first-order valence-corrected chi connectivity index (χ1v) is 10.3. The zero-order chi connectivity index (χ0) is 17.2. The van der Waals surface area contributed by atoms with E-state index in [0.717, 1.165) is 12.8 Å². The summed E-state index contributed by atoms with van der Waals surface area (Å²) in [7, 11) is 0. The highest BCUT2D eigenvalue weighted by Gasteiger charge is 2.18. The van der Waals surface area contributed by atoms with Crippen molar-refractivity contribution in [2.45, 2.75) is 122 Å². The van der Waals surface area contributed by atoms with Gasteiger partial charge < -0.3 is 15.9 Å². The van der Waals surface area contributed by atoms with Crippen molar-refractivity contribution in [2.75, 3.05) is 6.54 Å². The number of unbranched alkanes of at least 4 members (excludes halogenated alkanes) is 15. The van der Waals surface area contributed by atoms with E-state index in [1.54, 1.807) is 0 Å². The summed E-state index contributed by atoms with van der Waals surface area (Å²) in [6.07, 6.45) is 21.7. The Hall–Kier alpha value is -0.120. The van der Waals surface area contributed by atoms with Gasteiger partial charge in [-0.25, -0.2) is 0 Å². The molecule has 0 atom stereocenters. The van der Waals surface area contributed by atoms with Gasteiger partial charge in [-0.3, -0.25) is 0 Å². The van der Waals surface area contributed by atoms with Crippen LogP contribution in [0.1, 0.15) is 116 Å². The first kappa shape index (κ1) is 22.9. The summed E-state index contributed by atoms with van der Waals surface area (Å²) in [5.41, 5.74) is 5.27. The molecule has 0 amide bonds. The Morgan fingerprint density at radius 2 is 0.870 bits per heavy atom. The van der Waals surface area contributed by atoms with Gasteiger partial charge in [-0.2, -0.15) is 0 Å². The third-order valence-corrected chi connectivity index (χ3v) is 4.76. The van der Waals surface area contributed by atoms with Gasteiger partial charge >= 0.3 is 0 Å². The highest BCUT2D eigenvalue weighted by atomic mass is 16.5. The lowest BCUT2D eigenvalue weighted by molar-refractivity contribution is -0.157. The van der Waals surface area contributed by atoms with Crippen LogP contribution >= 0.6 is 0 Å². The lowest BCUT2D eigenvalue weighted by atomic mass is 10.0. The van der Waals surface area contributed by atoms with Gasteiger partial charge in [-0.15, -0.1) is 0 Å². The second-order valence-corrected chi connectivity index (χ2v) is 7.24. The Morgan fingerprint density at radius 1 is 0.565 bits per heavy atom. The van der Waals surface area contributed by atoms with E-state index in [1.807, 2.05) is 0 Å². The molecule has 0 spiro atoms. The van der Waals surface area contributed by atoms with Crippen LogP contribution in [0.2, 0.25) is 0 Å². The largest absolute Gasteiger partial charge is 0.365 e. The summed E-state index contributed by atoms with van der Waals surface area (Å²) in [5.74, 6) is -1.64. The summed E-state index contributed by atoms with van der Waals surface area (Å²) >= 11 is 0. The van der Waals surface area contributed by atoms with E-state index in [1.165, 1.54) is 89.9 Å². The standard InChI is InChI=1S/C20H43NO2/c1-2-3-4-5-6-7-8-9-10-11-12-13-14-15-16-17-18-20(22,23)19-21/h22-23H,2-19,21H2,1H3. The van der Waals surface area contributed by atoms with E-state index in [4.69, 9.17) is 5.73 Å². The molecule has 4 N–H and O–H groups in total. The fourth-order valence-corrected chi connectivity index (χ4v) is 3.06. The average molecular weight is 330 g/mol. The zero-order valence-electron chi connectivity index (χ0n) is 15.7. The third-order valence-electron chi connectivity index (χ3n) is 4.76. The van der Waals surface area contributed by atoms with E-state index in [2.05, 4.69) is 6.92 Å². The van der Waals surface area contributed by atoms with Crippen molar-refractivity contribution in [3.63, 3.8) is 0 Å². The number of aliphatic hydroxyl groups is 2. The van der Waals surface area contributed by atoms with Crippen LogP contribution in [0, 0.1) is 0 Å². The van der Waals surface area contributed by atoms with E-state index in [-0.39, 0.29) is 6.54 Å². The van der Waals surface area contributed by atoms with E-state index < -0.39 is 5.79 Å². The predicted molar refractivity (Wildman–Crippen MR) is 100 cm³/mol. The molecule has 3 heteroatoms. The predicted octanol–water partition coefficient (Wildman–Crippen LogP) is 5.28. The van der Waals surface area contributed by atoms with Gasteiger partial charge in [-0.1, -0.05) is 103 Å². The summed E-state index contributed by atoms with van der Waals surface area (Å²) < 4.78 is 0. The van der Waals surface area contributed by atoms with Gasteiger partial charge in [0.1, 0.15) is 0 Å². The molecule has 0 aromatic heterocycles. The molecule has 0 unspecified atom stereocenters. The third kappa shape index (κ3) is 18.1. The number of rotatable bonds is 18. The second kappa shape index (κ2) is 16.7. The fraction of sp³-hybridized carbons (Fsp3) is 1.00. The Labute approximate surface area is 145 Å².